The summed E-state index contributed by atoms with van der Waals surface area (Å²) in [6, 6.07) is 19.5. The van der Waals surface area contributed by atoms with Gasteiger partial charge in [0.05, 0.1) is 18.0 Å². The van der Waals surface area contributed by atoms with E-state index >= 15 is 0 Å². The molecule has 4 aromatic rings. The molecule has 1 unspecified atom stereocenters. The fourth-order valence-electron chi connectivity index (χ4n) is 4.32. The summed E-state index contributed by atoms with van der Waals surface area (Å²) in [7, 11) is 0. The number of nitrogens with one attached hydrogen (secondary N) is 1. The molecule has 6 heteroatoms. The van der Waals surface area contributed by atoms with E-state index in [1.807, 2.05) is 24.3 Å². The number of hydrogen-bond acceptors (Lipinski definition) is 4. The molecule has 1 fully saturated rings. The van der Waals surface area contributed by atoms with Crippen LogP contribution in [0.4, 0.5) is 5.69 Å². The van der Waals surface area contributed by atoms with Gasteiger partial charge in [-0.1, -0.05) is 46.6 Å². The number of halogens is 1. The monoisotopic (exact) mass is 478 g/mol. The fourth-order valence-corrected chi connectivity index (χ4v) is 4.58. The van der Waals surface area contributed by atoms with E-state index in [9.17, 15) is 4.79 Å². The molecule has 3 heterocycles. The van der Waals surface area contributed by atoms with Crippen molar-refractivity contribution in [3.05, 3.63) is 88.5 Å². The lowest BCUT2D eigenvalue weighted by Crippen LogP contribution is -2.34. The highest BCUT2D eigenvalue weighted by molar-refractivity contribution is 9.10. The van der Waals surface area contributed by atoms with Gasteiger partial charge in [0.1, 0.15) is 11.3 Å². The fraction of sp³-hybridized carbons (Fsp3) is 0.240. The Morgan fingerprint density at radius 2 is 1.74 bits per heavy atom. The zero-order valence-electron chi connectivity index (χ0n) is 17.0. The van der Waals surface area contributed by atoms with Gasteiger partial charge in [-0.25, -0.2) is 0 Å². The number of furan rings is 2. The molecule has 0 spiro atoms. The first-order valence-corrected chi connectivity index (χ1v) is 11.4. The van der Waals surface area contributed by atoms with Crippen molar-refractivity contribution in [2.45, 2.75) is 25.3 Å². The molecule has 1 amide bonds. The molecule has 2 aromatic heterocycles. The summed E-state index contributed by atoms with van der Waals surface area (Å²) < 4.78 is 12.8. The molecule has 1 saturated heterocycles. The summed E-state index contributed by atoms with van der Waals surface area (Å²) in [6.45, 7) is 1.98. The molecular weight excluding hydrogens is 456 g/mol. The van der Waals surface area contributed by atoms with Crippen LogP contribution in [0.5, 0.6) is 0 Å². The SMILES string of the molecule is O=C(Nc1c(C(c2ccc(Br)cc2)N2CCCCC2)oc2ccccc12)c1ccco1. The van der Waals surface area contributed by atoms with Crippen molar-refractivity contribution in [3.63, 3.8) is 0 Å². The molecule has 31 heavy (non-hydrogen) atoms. The molecule has 0 saturated carbocycles. The van der Waals surface area contributed by atoms with Crippen LogP contribution in [0.3, 0.4) is 0 Å². The van der Waals surface area contributed by atoms with Crippen LogP contribution in [-0.4, -0.2) is 23.9 Å². The summed E-state index contributed by atoms with van der Waals surface area (Å²) in [5, 5.41) is 3.96. The number of nitrogens with zero attached hydrogens (tertiary/aromatic N) is 1. The van der Waals surface area contributed by atoms with Gasteiger partial charge in [-0.2, -0.15) is 0 Å². The van der Waals surface area contributed by atoms with Gasteiger partial charge in [-0.05, 0) is 67.9 Å². The predicted octanol–water partition coefficient (Wildman–Crippen LogP) is 6.62. The number of anilines is 1. The minimum Gasteiger partial charge on any atom is -0.459 e. The first kappa shape index (κ1) is 20.1. The van der Waals surface area contributed by atoms with Crippen LogP contribution in [0.1, 0.15) is 47.2 Å². The Kier molecular flexibility index (Phi) is 5.66. The van der Waals surface area contributed by atoms with Crippen LogP contribution in [0.2, 0.25) is 0 Å². The van der Waals surface area contributed by atoms with Gasteiger partial charge in [-0.3, -0.25) is 9.69 Å². The topological polar surface area (TPSA) is 58.6 Å². The van der Waals surface area contributed by atoms with Gasteiger partial charge in [0.15, 0.2) is 5.76 Å². The number of piperidine rings is 1. The molecular formula is C25H23BrN2O3. The second kappa shape index (κ2) is 8.73. The Bertz CT molecular complexity index is 1180. The standard InChI is InChI=1S/C25H23BrN2O3/c26-18-12-10-17(11-13-18)23(28-14-4-1-5-15-28)24-22(19-7-2-3-8-20(19)31-24)27-25(29)21-9-6-16-30-21/h2-3,6-13,16,23H,1,4-5,14-15H2,(H,27,29). The van der Waals surface area contributed by atoms with E-state index in [4.69, 9.17) is 8.83 Å². The highest BCUT2D eigenvalue weighted by Crippen LogP contribution is 2.41. The number of carbonyl (C=O) groups excluding carboxylic acids is 1. The van der Waals surface area contributed by atoms with Crippen molar-refractivity contribution in [1.29, 1.82) is 0 Å². The van der Waals surface area contributed by atoms with E-state index in [0.29, 0.717) is 5.69 Å². The van der Waals surface area contributed by atoms with E-state index in [-0.39, 0.29) is 17.7 Å². The summed E-state index contributed by atoms with van der Waals surface area (Å²) in [5.74, 6) is 0.741. The Labute approximate surface area is 189 Å². The third kappa shape index (κ3) is 4.05. The molecule has 2 aromatic carbocycles. The second-order valence-electron chi connectivity index (χ2n) is 7.82. The molecule has 0 radical (unpaired) electrons. The van der Waals surface area contributed by atoms with E-state index in [1.54, 1.807) is 12.1 Å². The maximum absolute atomic E-state index is 12.9. The largest absolute Gasteiger partial charge is 0.459 e. The molecule has 5 rings (SSSR count). The van der Waals surface area contributed by atoms with Gasteiger partial charge in [0.2, 0.25) is 0 Å². The van der Waals surface area contributed by atoms with Crippen LogP contribution in [-0.2, 0) is 0 Å². The van der Waals surface area contributed by atoms with Crippen LogP contribution in [0, 0.1) is 0 Å². The van der Waals surface area contributed by atoms with Crippen molar-refractivity contribution in [1.82, 2.24) is 4.90 Å². The van der Waals surface area contributed by atoms with Gasteiger partial charge in [0.25, 0.3) is 5.91 Å². The van der Waals surface area contributed by atoms with Crippen LogP contribution >= 0.6 is 15.9 Å². The van der Waals surface area contributed by atoms with Gasteiger partial charge >= 0.3 is 0 Å². The molecule has 1 aliphatic rings. The molecule has 1 N–H and O–H groups in total. The Morgan fingerprint density at radius 1 is 0.968 bits per heavy atom. The maximum atomic E-state index is 12.9. The summed E-state index contributed by atoms with van der Waals surface area (Å²) in [5.41, 5.74) is 2.60. The van der Waals surface area contributed by atoms with Crippen molar-refractivity contribution in [2.75, 3.05) is 18.4 Å². The van der Waals surface area contributed by atoms with Crippen LogP contribution < -0.4 is 5.32 Å². The van der Waals surface area contributed by atoms with Gasteiger partial charge in [0, 0.05) is 9.86 Å². The first-order chi connectivity index (χ1) is 15.2. The molecule has 5 nitrogen and oxygen atoms in total. The average Bonchev–Trinajstić information content (AvgIpc) is 3.45. The van der Waals surface area contributed by atoms with Crippen molar-refractivity contribution in [2.24, 2.45) is 0 Å². The summed E-state index contributed by atoms with van der Waals surface area (Å²) in [4.78, 5) is 15.3. The highest BCUT2D eigenvalue weighted by atomic mass is 79.9. The number of benzene rings is 2. The quantitative estimate of drug-likeness (QED) is 0.350. The lowest BCUT2D eigenvalue weighted by molar-refractivity contribution is 0.0996. The third-order valence-electron chi connectivity index (χ3n) is 5.80. The lowest BCUT2D eigenvalue weighted by atomic mass is 9.98. The van der Waals surface area contributed by atoms with Gasteiger partial charge < -0.3 is 14.2 Å². The third-order valence-corrected chi connectivity index (χ3v) is 6.32. The number of likely N-dealkylation sites (tertiary alicyclic amines) is 1. The minimum absolute atomic E-state index is 0.0901. The summed E-state index contributed by atoms with van der Waals surface area (Å²) in [6.07, 6.45) is 5.05. The van der Waals surface area contributed by atoms with Crippen molar-refractivity contribution in [3.8, 4) is 0 Å². The Balaban J connectivity index is 1.64. The smallest absolute Gasteiger partial charge is 0.291 e. The molecule has 158 valence electrons. The number of amides is 1. The van der Waals surface area contributed by atoms with E-state index in [1.165, 1.54) is 12.7 Å². The van der Waals surface area contributed by atoms with Crippen LogP contribution in [0.15, 0.2) is 80.2 Å². The van der Waals surface area contributed by atoms with Crippen molar-refractivity contribution >= 4 is 38.5 Å². The highest BCUT2D eigenvalue weighted by Gasteiger charge is 2.31. The van der Waals surface area contributed by atoms with E-state index < -0.39 is 0 Å². The number of hydrogen-bond donors (Lipinski definition) is 1. The second-order valence-corrected chi connectivity index (χ2v) is 8.74. The van der Waals surface area contributed by atoms with Crippen LogP contribution in [0.25, 0.3) is 11.0 Å². The molecule has 1 aliphatic heterocycles. The zero-order valence-corrected chi connectivity index (χ0v) is 18.6. The average molecular weight is 479 g/mol. The number of rotatable bonds is 5. The maximum Gasteiger partial charge on any atom is 0.291 e. The first-order valence-electron chi connectivity index (χ1n) is 10.6. The number of carbonyl (C=O) groups is 1. The lowest BCUT2D eigenvalue weighted by Gasteiger charge is -2.34. The van der Waals surface area contributed by atoms with Gasteiger partial charge in [-0.15, -0.1) is 0 Å². The number of fused-ring (bicyclic) bond motifs is 1. The molecule has 0 bridgehead atoms. The normalized spacial score (nSPS) is 15.8. The molecule has 0 aliphatic carbocycles. The van der Waals surface area contributed by atoms with E-state index in [0.717, 1.165) is 52.7 Å². The van der Waals surface area contributed by atoms with Crippen molar-refractivity contribution < 1.29 is 13.6 Å². The van der Waals surface area contributed by atoms with E-state index in [2.05, 4.69) is 50.4 Å². The molecule has 1 atom stereocenters. The Hall–Kier alpha value is -2.83. The predicted molar refractivity (Wildman–Crippen MR) is 124 cm³/mol. The summed E-state index contributed by atoms with van der Waals surface area (Å²) >= 11 is 3.54. The number of para-hydroxylation sites is 1. The minimum atomic E-state index is -0.286. The zero-order chi connectivity index (χ0) is 21.2. The Morgan fingerprint density at radius 3 is 2.48 bits per heavy atom.